The molecule has 0 saturated heterocycles. The van der Waals surface area contributed by atoms with E-state index in [2.05, 4.69) is 5.32 Å². The van der Waals surface area contributed by atoms with Gasteiger partial charge in [0.1, 0.15) is 0 Å². The van der Waals surface area contributed by atoms with Gasteiger partial charge in [0.25, 0.3) is 5.91 Å². The maximum Gasteiger partial charge on any atom is 0.340 e. The number of carbonyl (C=O) groups excluding carboxylic acids is 2. The molecule has 0 radical (unpaired) electrons. The second-order valence-corrected chi connectivity index (χ2v) is 7.76. The molecule has 1 atom stereocenters. The summed E-state index contributed by atoms with van der Waals surface area (Å²) in [4.78, 5) is 31.0. The molecule has 2 aliphatic carbocycles. The van der Waals surface area contributed by atoms with Crippen LogP contribution in [0.4, 0.5) is 0 Å². The summed E-state index contributed by atoms with van der Waals surface area (Å²) >= 11 is 0. The van der Waals surface area contributed by atoms with Gasteiger partial charge in [-0.2, -0.15) is 0 Å². The van der Waals surface area contributed by atoms with Crippen molar-refractivity contribution >= 4 is 22.8 Å². The van der Waals surface area contributed by atoms with Crippen LogP contribution in [-0.4, -0.2) is 22.9 Å². The first-order valence-electron chi connectivity index (χ1n) is 10.2. The zero-order valence-corrected chi connectivity index (χ0v) is 16.1. The predicted octanol–water partition coefficient (Wildman–Crippen LogP) is 3.90. The Morgan fingerprint density at radius 3 is 2.55 bits per heavy atom. The largest absolute Gasteiger partial charge is 0.444 e. The quantitative estimate of drug-likeness (QED) is 0.676. The van der Waals surface area contributed by atoms with Crippen molar-refractivity contribution in [3.8, 4) is 0 Å². The van der Waals surface area contributed by atoms with E-state index in [-0.39, 0.29) is 11.9 Å². The van der Waals surface area contributed by atoms with Crippen LogP contribution in [0.1, 0.15) is 52.5 Å². The Bertz CT molecular complexity index is 1090. The van der Waals surface area contributed by atoms with Crippen molar-refractivity contribution in [2.75, 3.05) is 0 Å². The summed E-state index contributed by atoms with van der Waals surface area (Å²) in [6.45, 7) is 0. The molecule has 1 saturated carbocycles. The number of pyridine rings is 1. The molecule has 1 heterocycles. The van der Waals surface area contributed by atoms with E-state index in [4.69, 9.17) is 9.72 Å². The minimum atomic E-state index is -0.965. The number of nitrogens with zero attached hydrogens (tertiary/aromatic N) is 1. The van der Waals surface area contributed by atoms with Crippen LogP contribution >= 0.6 is 0 Å². The van der Waals surface area contributed by atoms with Gasteiger partial charge in [-0.1, -0.05) is 48.5 Å². The first-order valence-corrected chi connectivity index (χ1v) is 10.2. The van der Waals surface area contributed by atoms with Gasteiger partial charge in [0.15, 0.2) is 0 Å². The second-order valence-electron chi connectivity index (χ2n) is 7.76. The van der Waals surface area contributed by atoms with Gasteiger partial charge in [0, 0.05) is 22.7 Å². The fourth-order valence-corrected chi connectivity index (χ4v) is 4.02. The summed E-state index contributed by atoms with van der Waals surface area (Å²) in [5.74, 6) is -0.719. The maximum absolute atomic E-state index is 13.4. The van der Waals surface area contributed by atoms with Crippen LogP contribution in [0.5, 0.6) is 0 Å². The van der Waals surface area contributed by atoms with Crippen LogP contribution in [0.15, 0.2) is 54.6 Å². The summed E-state index contributed by atoms with van der Waals surface area (Å²) < 4.78 is 5.87. The molecule has 146 valence electrons. The van der Waals surface area contributed by atoms with Gasteiger partial charge in [0.05, 0.1) is 11.1 Å². The summed E-state index contributed by atoms with van der Waals surface area (Å²) in [5.41, 5.74) is 3.95. The first-order chi connectivity index (χ1) is 14.2. The van der Waals surface area contributed by atoms with Crippen molar-refractivity contribution in [1.82, 2.24) is 10.3 Å². The molecule has 1 fully saturated rings. The lowest BCUT2D eigenvalue weighted by atomic mass is 10.0. The zero-order valence-electron chi connectivity index (χ0n) is 16.1. The molecule has 2 aliphatic rings. The number of carbonyl (C=O) groups is 2. The average Bonchev–Trinajstić information content (AvgIpc) is 3.44. The molecule has 0 spiro atoms. The van der Waals surface area contributed by atoms with Gasteiger partial charge >= 0.3 is 5.97 Å². The van der Waals surface area contributed by atoms with Gasteiger partial charge in [0.2, 0.25) is 6.10 Å². The Morgan fingerprint density at radius 1 is 1.00 bits per heavy atom. The van der Waals surface area contributed by atoms with Crippen molar-refractivity contribution in [2.45, 2.75) is 44.2 Å². The fourth-order valence-electron chi connectivity index (χ4n) is 4.02. The van der Waals surface area contributed by atoms with Crippen molar-refractivity contribution in [1.29, 1.82) is 0 Å². The van der Waals surface area contributed by atoms with Crippen LogP contribution in [0.3, 0.4) is 0 Å². The number of fused-ring (bicyclic) bond motifs is 2. The van der Waals surface area contributed by atoms with Crippen molar-refractivity contribution in [3.63, 3.8) is 0 Å². The number of amides is 1. The minimum Gasteiger partial charge on any atom is -0.444 e. The van der Waals surface area contributed by atoms with E-state index in [1.807, 2.05) is 54.6 Å². The third kappa shape index (κ3) is 3.48. The highest BCUT2D eigenvalue weighted by molar-refractivity contribution is 6.06. The SMILES string of the molecule is O=C(O[C@@H](C(=O)NC1CC1)c1ccccc1)c1c2c(nc3ccccc13)CCC2. The fraction of sp³-hybridized carbons (Fsp3) is 0.292. The number of aryl methyl sites for hydroxylation is 1. The first kappa shape index (κ1) is 17.9. The summed E-state index contributed by atoms with van der Waals surface area (Å²) in [7, 11) is 0. The number of esters is 1. The molecule has 1 N–H and O–H groups in total. The molecule has 2 aromatic carbocycles. The monoisotopic (exact) mass is 386 g/mol. The molecule has 0 unspecified atom stereocenters. The Hall–Kier alpha value is -3.21. The highest BCUT2D eigenvalue weighted by Crippen LogP contribution is 2.32. The topological polar surface area (TPSA) is 68.3 Å². The van der Waals surface area contributed by atoms with E-state index in [1.54, 1.807) is 0 Å². The van der Waals surface area contributed by atoms with E-state index in [0.29, 0.717) is 11.1 Å². The van der Waals surface area contributed by atoms with E-state index in [0.717, 1.165) is 54.3 Å². The highest BCUT2D eigenvalue weighted by Gasteiger charge is 2.33. The molecule has 1 aromatic heterocycles. The zero-order chi connectivity index (χ0) is 19.8. The van der Waals surface area contributed by atoms with E-state index >= 15 is 0 Å². The molecule has 0 bridgehead atoms. The molecular weight excluding hydrogens is 364 g/mol. The number of nitrogens with one attached hydrogen (secondary N) is 1. The number of rotatable bonds is 5. The van der Waals surface area contributed by atoms with Crippen LogP contribution in [-0.2, 0) is 22.4 Å². The van der Waals surface area contributed by atoms with E-state index < -0.39 is 12.1 Å². The highest BCUT2D eigenvalue weighted by atomic mass is 16.5. The average molecular weight is 386 g/mol. The number of ether oxygens (including phenoxy) is 1. The van der Waals surface area contributed by atoms with E-state index in [1.165, 1.54) is 0 Å². The standard InChI is InChI=1S/C24H22N2O3/c27-23(25-16-13-14-16)22(15-7-2-1-3-8-15)29-24(28)21-17-9-4-5-11-19(17)26-20-12-6-10-18(20)21/h1-5,7-9,11,16,22H,6,10,12-14H2,(H,25,27)/t22-/m1/s1. The van der Waals surface area contributed by atoms with Gasteiger partial charge in [-0.3, -0.25) is 9.78 Å². The third-order valence-electron chi connectivity index (χ3n) is 5.61. The van der Waals surface area contributed by atoms with Gasteiger partial charge < -0.3 is 10.1 Å². The lowest BCUT2D eigenvalue weighted by Crippen LogP contribution is -2.33. The molecule has 3 aromatic rings. The number of aromatic nitrogens is 1. The minimum absolute atomic E-state index is 0.193. The van der Waals surface area contributed by atoms with Crippen molar-refractivity contribution in [3.05, 3.63) is 77.0 Å². The van der Waals surface area contributed by atoms with E-state index in [9.17, 15) is 9.59 Å². The van der Waals surface area contributed by atoms with Gasteiger partial charge in [-0.25, -0.2) is 4.79 Å². The van der Waals surface area contributed by atoms with Crippen LogP contribution in [0.2, 0.25) is 0 Å². The lowest BCUT2D eigenvalue weighted by molar-refractivity contribution is -0.130. The van der Waals surface area contributed by atoms with Crippen LogP contribution in [0, 0.1) is 0 Å². The summed E-state index contributed by atoms with van der Waals surface area (Å²) in [6.07, 6.45) is 3.64. The summed E-state index contributed by atoms with van der Waals surface area (Å²) in [5, 5.41) is 3.76. The molecule has 5 nitrogen and oxygen atoms in total. The Balaban J connectivity index is 1.53. The maximum atomic E-state index is 13.4. The van der Waals surface area contributed by atoms with Gasteiger partial charge in [-0.05, 0) is 43.7 Å². The normalized spacial score (nSPS) is 16.3. The number of hydrogen-bond acceptors (Lipinski definition) is 4. The molecular formula is C24H22N2O3. The van der Waals surface area contributed by atoms with Crippen LogP contribution in [0.25, 0.3) is 10.9 Å². The Labute approximate surface area is 169 Å². The molecule has 0 aliphatic heterocycles. The number of hydrogen-bond donors (Lipinski definition) is 1. The smallest absolute Gasteiger partial charge is 0.340 e. The van der Waals surface area contributed by atoms with Crippen molar-refractivity contribution in [2.24, 2.45) is 0 Å². The molecule has 1 amide bonds. The number of para-hydroxylation sites is 1. The second kappa shape index (κ2) is 7.32. The number of benzene rings is 2. The van der Waals surface area contributed by atoms with Crippen molar-refractivity contribution < 1.29 is 14.3 Å². The van der Waals surface area contributed by atoms with Gasteiger partial charge in [-0.15, -0.1) is 0 Å². The molecule has 29 heavy (non-hydrogen) atoms. The molecule has 5 heteroatoms. The lowest BCUT2D eigenvalue weighted by Gasteiger charge is -2.19. The Morgan fingerprint density at radius 2 is 1.76 bits per heavy atom. The predicted molar refractivity (Wildman–Crippen MR) is 110 cm³/mol. The molecule has 5 rings (SSSR count). The van der Waals surface area contributed by atoms with Crippen LogP contribution < -0.4 is 5.32 Å². The third-order valence-corrected chi connectivity index (χ3v) is 5.61. The Kier molecular flexibility index (Phi) is 4.51. The summed E-state index contributed by atoms with van der Waals surface area (Å²) in [6, 6.07) is 17.0.